The lowest BCUT2D eigenvalue weighted by Gasteiger charge is -2.39. The highest BCUT2D eigenvalue weighted by atomic mass is 35.5. The number of carbonyl (C=O) groups is 2. The van der Waals surface area contributed by atoms with Crippen LogP contribution in [-0.4, -0.2) is 40.8 Å². The maximum Gasteiger partial charge on any atom is 0.272 e. The van der Waals surface area contributed by atoms with E-state index in [1.165, 1.54) is 6.92 Å². The van der Waals surface area contributed by atoms with Gasteiger partial charge in [0.05, 0.1) is 34.7 Å². The van der Waals surface area contributed by atoms with Crippen molar-refractivity contribution in [2.75, 3.05) is 23.3 Å². The molecule has 5 aromatic rings. The van der Waals surface area contributed by atoms with Crippen molar-refractivity contribution in [3.8, 4) is 6.07 Å². The summed E-state index contributed by atoms with van der Waals surface area (Å²) in [6, 6.07) is 27.0. The number of rotatable bonds is 6. The van der Waals surface area contributed by atoms with Gasteiger partial charge in [-0.3, -0.25) is 9.59 Å². The fourth-order valence-corrected chi connectivity index (χ4v) is 9.06. The van der Waals surface area contributed by atoms with E-state index in [1.54, 1.807) is 18.2 Å². The normalized spacial score (nSPS) is 18.3. The van der Waals surface area contributed by atoms with Crippen LogP contribution >= 0.6 is 34.8 Å². The van der Waals surface area contributed by atoms with Gasteiger partial charge in [-0.1, -0.05) is 84.2 Å². The number of fused-ring (bicyclic) bond motifs is 2. The Morgan fingerprint density at radius 3 is 2.43 bits per heavy atom. The predicted octanol–water partition coefficient (Wildman–Crippen LogP) is 10.2. The van der Waals surface area contributed by atoms with Gasteiger partial charge in [-0.2, -0.15) is 5.26 Å². The van der Waals surface area contributed by atoms with E-state index in [1.807, 2.05) is 48.5 Å². The van der Waals surface area contributed by atoms with E-state index in [0.29, 0.717) is 45.1 Å². The van der Waals surface area contributed by atoms with Crippen LogP contribution in [0.1, 0.15) is 77.5 Å². The summed E-state index contributed by atoms with van der Waals surface area (Å²) in [5.41, 5.74) is 8.44. The molecule has 0 bridgehead atoms. The van der Waals surface area contributed by atoms with E-state index in [0.717, 1.165) is 69.4 Å². The lowest BCUT2D eigenvalue weighted by molar-refractivity contribution is -0.119. The molecular formula is C43H37Cl3N6O2. The number of hydrogen-bond donors (Lipinski definition) is 3. The molecule has 4 aromatic carbocycles. The summed E-state index contributed by atoms with van der Waals surface area (Å²) in [5, 5.41) is 18.6. The van der Waals surface area contributed by atoms with Crippen molar-refractivity contribution in [3.05, 3.63) is 140 Å². The lowest BCUT2D eigenvalue weighted by atomic mass is 9.82. The van der Waals surface area contributed by atoms with Crippen molar-refractivity contribution >= 4 is 80.2 Å². The van der Waals surface area contributed by atoms with Gasteiger partial charge < -0.3 is 25.4 Å². The number of carbonyl (C=O) groups excluding carboxylic acids is 2. The second kappa shape index (κ2) is 14.6. The average molecular weight is 776 g/mol. The first-order valence-corrected chi connectivity index (χ1v) is 19.2. The number of nitrogens with one attached hydrogen (secondary N) is 3. The third kappa shape index (κ3) is 6.51. The number of amides is 2. The summed E-state index contributed by atoms with van der Waals surface area (Å²) in [4.78, 5) is 34.5. The van der Waals surface area contributed by atoms with Gasteiger partial charge in [-0.05, 0) is 89.9 Å². The number of nitriles is 1. The van der Waals surface area contributed by atoms with Crippen molar-refractivity contribution in [1.29, 1.82) is 5.26 Å². The number of allylic oxidation sites excluding steroid dienone is 2. The minimum atomic E-state index is -0.384. The molecule has 0 saturated carbocycles. The van der Waals surface area contributed by atoms with Gasteiger partial charge in [0.15, 0.2) is 0 Å². The molecule has 3 aliphatic heterocycles. The average Bonchev–Trinajstić information content (AvgIpc) is 3.44. The Balaban J connectivity index is 1.32. The monoisotopic (exact) mass is 774 g/mol. The van der Waals surface area contributed by atoms with Gasteiger partial charge in [0.2, 0.25) is 5.91 Å². The Labute approximate surface area is 329 Å². The Bertz CT molecular complexity index is 2420. The molecule has 3 aliphatic rings. The first-order chi connectivity index (χ1) is 26.1. The Kier molecular flexibility index (Phi) is 9.65. The van der Waals surface area contributed by atoms with Crippen LogP contribution in [0.3, 0.4) is 0 Å². The first-order valence-electron chi connectivity index (χ1n) is 18.0. The molecule has 2 amide bonds. The smallest absolute Gasteiger partial charge is 0.272 e. The molecule has 0 aliphatic carbocycles. The van der Waals surface area contributed by atoms with Crippen LogP contribution < -0.4 is 15.5 Å². The zero-order valence-corrected chi connectivity index (χ0v) is 32.0. The standard InChI is InChI=1S/C43H37Cl3N6O2/c1-24-7-6-16-52-41(31-12-11-28(44)21-33(31)46)32-20-29(45)22-35-38(32)39(42(52)37(24)27-8-4-3-5-9-27)40(49-35)43(54)50-34-19-26(23-47)10-13-36(34)51-17-14-30(15-18-51)48-25(2)53/h3-6,8-13,16,19-22,24,30,41,49H,7,14-15,17-18H2,1-2H3,(H,48,53)(H,50,54). The minimum absolute atomic E-state index is 0.0447. The Morgan fingerprint density at radius 2 is 1.70 bits per heavy atom. The molecule has 1 fully saturated rings. The molecule has 3 N–H and O–H groups in total. The first kappa shape index (κ1) is 35.8. The Hall–Kier alpha value is -5.20. The molecule has 0 radical (unpaired) electrons. The SMILES string of the molecule is CC(=O)NC1CCN(c2ccc(C#N)cc2NC(=O)c2[nH]c3cc(Cl)cc4c3c2C2=C(c3ccccc3)C(C)CC=CN2C4c2ccc(Cl)cc2Cl)CC1. The van der Waals surface area contributed by atoms with Crippen molar-refractivity contribution in [2.24, 2.45) is 5.92 Å². The van der Waals surface area contributed by atoms with Gasteiger partial charge in [0.1, 0.15) is 5.69 Å². The minimum Gasteiger partial charge on any atom is -0.370 e. The zero-order chi connectivity index (χ0) is 37.7. The molecule has 1 saturated heterocycles. The van der Waals surface area contributed by atoms with E-state index in [9.17, 15) is 14.9 Å². The molecule has 8 nitrogen and oxygen atoms in total. The fourth-order valence-electron chi connectivity index (χ4n) is 8.32. The van der Waals surface area contributed by atoms with Crippen LogP contribution in [0.4, 0.5) is 11.4 Å². The summed E-state index contributed by atoms with van der Waals surface area (Å²) in [6.45, 7) is 5.11. The highest BCUT2D eigenvalue weighted by molar-refractivity contribution is 6.35. The van der Waals surface area contributed by atoms with Gasteiger partial charge in [0.25, 0.3) is 5.91 Å². The predicted molar refractivity (Wildman–Crippen MR) is 218 cm³/mol. The number of piperidine rings is 1. The van der Waals surface area contributed by atoms with Crippen molar-refractivity contribution in [2.45, 2.75) is 45.2 Å². The molecule has 4 heterocycles. The summed E-state index contributed by atoms with van der Waals surface area (Å²) in [6.07, 6.45) is 6.57. The van der Waals surface area contributed by atoms with Crippen molar-refractivity contribution in [1.82, 2.24) is 15.2 Å². The lowest BCUT2D eigenvalue weighted by Crippen LogP contribution is -2.44. The number of aromatic amines is 1. The third-order valence-electron chi connectivity index (χ3n) is 10.7. The molecule has 272 valence electrons. The number of anilines is 2. The van der Waals surface area contributed by atoms with Crippen LogP contribution in [0.2, 0.25) is 15.1 Å². The second-order valence-electron chi connectivity index (χ2n) is 14.2. The van der Waals surface area contributed by atoms with Crippen LogP contribution in [-0.2, 0) is 4.79 Å². The molecule has 8 rings (SSSR count). The van der Waals surface area contributed by atoms with Crippen LogP contribution in [0.5, 0.6) is 0 Å². The summed E-state index contributed by atoms with van der Waals surface area (Å²) in [7, 11) is 0. The second-order valence-corrected chi connectivity index (χ2v) is 15.5. The topological polar surface area (TPSA) is 104 Å². The van der Waals surface area contributed by atoms with Crippen LogP contribution in [0, 0.1) is 17.2 Å². The molecule has 11 heteroatoms. The molecule has 2 atom stereocenters. The van der Waals surface area contributed by atoms with Gasteiger partial charge in [-0.25, -0.2) is 0 Å². The molecular weight excluding hydrogens is 739 g/mol. The molecule has 0 spiro atoms. The van der Waals surface area contributed by atoms with Crippen LogP contribution in [0.15, 0.2) is 91.1 Å². The molecule has 1 aromatic heterocycles. The van der Waals surface area contributed by atoms with Gasteiger partial charge >= 0.3 is 0 Å². The maximum absolute atomic E-state index is 14.9. The maximum atomic E-state index is 14.9. The number of benzene rings is 4. The highest BCUT2D eigenvalue weighted by Gasteiger charge is 2.40. The quantitative estimate of drug-likeness (QED) is 0.159. The highest BCUT2D eigenvalue weighted by Crippen LogP contribution is 2.53. The summed E-state index contributed by atoms with van der Waals surface area (Å²) in [5.74, 6) is -0.299. The van der Waals surface area contributed by atoms with Gasteiger partial charge in [-0.15, -0.1) is 0 Å². The van der Waals surface area contributed by atoms with Crippen molar-refractivity contribution < 1.29 is 9.59 Å². The fraction of sp³-hybridized carbons (Fsp3) is 0.233. The van der Waals surface area contributed by atoms with E-state index in [-0.39, 0.29) is 29.8 Å². The molecule has 2 unspecified atom stereocenters. The number of halogens is 3. The number of nitrogens with zero attached hydrogens (tertiary/aromatic N) is 3. The summed E-state index contributed by atoms with van der Waals surface area (Å²) < 4.78 is 0. The zero-order valence-electron chi connectivity index (χ0n) is 29.7. The van der Waals surface area contributed by atoms with Gasteiger partial charge in [0, 0.05) is 63.8 Å². The largest absolute Gasteiger partial charge is 0.370 e. The van der Waals surface area contributed by atoms with E-state index >= 15 is 0 Å². The van der Waals surface area contributed by atoms with E-state index < -0.39 is 0 Å². The number of H-pyrrole nitrogens is 1. The van der Waals surface area contributed by atoms with E-state index in [4.69, 9.17) is 34.8 Å². The summed E-state index contributed by atoms with van der Waals surface area (Å²) >= 11 is 20.3. The molecule has 54 heavy (non-hydrogen) atoms. The number of hydrogen-bond acceptors (Lipinski definition) is 5. The third-order valence-corrected chi connectivity index (χ3v) is 11.4. The number of aromatic nitrogens is 1. The van der Waals surface area contributed by atoms with Crippen LogP contribution in [0.25, 0.3) is 22.2 Å². The van der Waals surface area contributed by atoms with E-state index in [2.05, 4.69) is 62.8 Å². The van der Waals surface area contributed by atoms with Crippen molar-refractivity contribution in [3.63, 3.8) is 0 Å². The Morgan fingerprint density at radius 1 is 0.926 bits per heavy atom.